The quantitative estimate of drug-likeness (QED) is 0.578. The molecule has 0 saturated heterocycles. The Morgan fingerprint density at radius 1 is 1.33 bits per heavy atom. The first-order valence-electron chi connectivity index (χ1n) is 6.61. The van der Waals surface area contributed by atoms with Crippen LogP contribution in [0.15, 0.2) is 12.1 Å². The van der Waals surface area contributed by atoms with Gasteiger partial charge in [0, 0.05) is 12.1 Å². The van der Waals surface area contributed by atoms with E-state index in [-0.39, 0.29) is 30.4 Å². The van der Waals surface area contributed by atoms with Crippen LogP contribution in [0.2, 0.25) is 0 Å². The second-order valence-corrected chi connectivity index (χ2v) is 6.66. The zero-order valence-electron chi connectivity index (χ0n) is 12.9. The minimum Gasteiger partial charge on any atom is -0.480 e. The molecule has 0 heterocycles. The van der Waals surface area contributed by atoms with Gasteiger partial charge in [0.1, 0.15) is 5.75 Å². The lowest BCUT2D eigenvalue weighted by Crippen LogP contribution is -2.18. The molecule has 1 aromatic carbocycles. The largest absolute Gasteiger partial charge is 0.480 e. The monoisotopic (exact) mass is 427 g/mol. The van der Waals surface area contributed by atoms with E-state index in [1.54, 1.807) is 6.92 Å². The molecule has 120 valence electrons. The van der Waals surface area contributed by atoms with Crippen molar-refractivity contribution in [3.05, 3.63) is 26.8 Å². The van der Waals surface area contributed by atoms with Gasteiger partial charge in [-0.1, -0.05) is 26.8 Å². The van der Waals surface area contributed by atoms with Crippen LogP contribution in [0.4, 0.5) is 0 Å². The summed E-state index contributed by atoms with van der Waals surface area (Å²) in [6, 6.07) is 4.11. The SMILES string of the molecule is CCOC(=O)COc1c(I)cc(C(C)(C)C)cc1CN.Cl. The van der Waals surface area contributed by atoms with Gasteiger partial charge >= 0.3 is 5.97 Å². The van der Waals surface area contributed by atoms with Crippen molar-refractivity contribution in [2.75, 3.05) is 13.2 Å². The lowest BCUT2D eigenvalue weighted by molar-refractivity contribution is -0.145. The van der Waals surface area contributed by atoms with Crippen molar-refractivity contribution in [2.24, 2.45) is 5.73 Å². The zero-order valence-corrected chi connectivity index (χ0v) is 15.8. The summed E-state index contributed by atoms with van der Waals surface area (Å²) in [5, 5.41) is 0. The van der Waals surface area contributed by atoms with Gasteiger partial charge in [0.25, 0.3) is 0 Å². The molecule has 1 aromatic rings. The third-order valence-electron chi connectivity index (χ3n) is 2.85. The predicted molar refractivity (Wildman–Crippen MR) is 95.1 cm³/mol. The predicted octanol–water partition coefficient (Wildman–Crippen LogP) is 3.41. The van der Waals surface area contributed by atoms with Crippen molar-refractivity contribution >= 4 is 41.0 Å². The number of nitrogens with two attached hydrogens (primary N) is 1. The molecule has 0 atom stereocenters. The number of halogens is 2. The topological polar surface area (TPSA) is 61.5 Å². The van der Waals surface area contributed by atoms with E-state index in [1.807, 2.05) is 6.07 Å². The normalized spacial score (nSPS) is 10.8. The average Bonchev–Trinajstić information content (AvgIpc) is 2.35. The van der Waals surface area contributed by atoms with Crippen molar-refractivity contribution in [2.45, 2.75) is 39.7 Å². The van der Waals surface area contributed by atoms with Gasteiger partial charge < -0.3 is 15.2 Å². The molecule has 0 unspecified atom stereocenters. The van der Waals surface area contributed by atoms with E-state index in [9.17, 15) is 4.79 Å². The maximum atomic E-state index is 11.4. The van der Waals surface area contributed by atoms with Gasteiger partial charge in [-0.3, -0.25) is 0 Å². The van der Waals surface area contributed by atoms with Gasteiger partial charge in [0.2, 0.25) is 0 Å². The van der Waals surface area contributed by atoms with Crippen molar-refractivity contribution in [1.82, 2.24) is 0 Å². The van der Waals surface area contributed by atoms with E-state index in [1.165, 1.54) is 5.56 Å². The number of ether oxygens (including phenoxy) is 2. The van der Waals surface area contributed by atoms with Crippen LogP contribution in [0.1, 0.15) is 38.8 Å². The highest BCUT2D eigenvalue weighted by molar-refractivity contribution is 14.1. The standard InChI is InChI=1S/C15H22INO3.ClH/c1-5-19-13(18)9-20-14-10(8-17)6-11(7-12(14)16)15(2,3)4;/h6-7H,5,8-9,17H2,1-4H3;1H. The summed E-state index contributed by atoms with van der Waals surface area (Å²) in [4.78, 5) is 11.4. The minimum atomic E-state index is -0.369. The number of benzene rings is 1. The maximum Gasteiger partial charge on any atom is 0.344 e. The molecule has 2 N–H and O–H groups in total. The summed E-state index contributed by atoms with van der Waals surface area (Å²) in [5.74, 6) is 0.306. The smallest absolute Gasteiger partial charge is 0.344 e. The Balaban J connectivity index is 0.00000400. The molecule has 0 radical (unpaired) electrons. The van der Waals surface area contributed by atoms with Crippen molar-refractivity contribution in [1.29, 1.82) is 0 Å². The van der Waals surface area contributed by atoms with E-state index >= 15 is 0 Å². The lowest BCUT2D eigenvalue weighted by atomic mass is 9.86. The summed E-state index contributed by atoms with van der Waals surface area (Å²) < 4.78 is 11.4. The third-order valence-corrected chi connectivity index (χ3v) is 3.65. The van der Waals surface area contributed by atoms with E-state index in [0.717, 1.165) is 9.13 Å². The molecule has 0 bridgehead atoms. The number of carbonyl (C=O) groups excluding carboxylic acids is 1. The number of carbonyl (C=O) groups is 1. The third kappa shape index (κ3) is 6.00. The fourth-order valence-corrected chi connectivity index (χ4v) is 2.57. The van der Waals surface area contributed by atoms with E-state index < -0.39 is 0 Å². The summed E-state index contributed by atoms with van der Waals surface area (Å²) in [7, 11) is 0. The second kappa shape index (κ2) is 8.80. The molecule has 0 aromatic heterocycles. The van der Waals surface area contributed by atoms with Crippen LogP contribution in [0.5, 0.6) is 5.75 Å². The van der Waals surface area contributed by atoms with Crippen molar-refractivity contribution in [3.8, 4) is 5.75 Å². The fourth-order valence-electron chi connectivity index (χ4n) is 1.73. The second-order valence-electron chi connectivity index (χ2n) is 5.49. The Hall–Kier alpha value is -0.530. The first kappa shape index (κ1) is 20.5. The molecular formula is C15H23ClINO3. The molecule has 0 aliphatic rings. The Labute approximate surface area is 146 Å². The highest BCUT2D eigenvalue weighted by atomic mass is 127. The van der Waals surface area contributed by atoms with Crippen LogP contribution in [0, 0.1) is 3.57 Å². The van der Waals surface area contributed by atoms with Crippen LogP contribution in [-0.4, -0.2) is 19.2 Å². The Kier molecular flexibility index (Phi) is 8.58. The van der Waals surface area contributed by atoms with E-state index in [4.69, 9.17) is 15.2 Å². The molecule has 21 heavy (non-hydrogen) atoms. The molecule has 1 rings (SSSR count). The summed E-state index contributed by atoms with van der Waals surface area (Å²) in [6.07, 6.45) is 0. The Morgan fingerprint density at radius 2 is 1.95 bits per heavy atom. The van der Waals surface area contributed by atoms with Crippen molar-refractivity contribution < 1.29 is 14.3 Å². The number of hydrogen-bond acceptors (Lipinski definition) is 4. The molecule has 0 saturated carbocycles. The Morgan fingerprint density at radius 3 is 2.43 bits per heavy atom. The number of hydrogen-bond donors (Lipinski definition) is 1. The van der Waals surface area contributed by atoms with Gasteiger partial charge in [-0.2, -0.15) is 0 Å². The minimum absolute atomic E-state index is 0. The Bertz CT molecular complexity index is 487. The van der Waals surface area contributed by atoms with Crippen LogP contribution in [0.25, 0.3) is 0 Å². The molecule has 0 aliphatic carbocycles. The first-order valence-corrected chi connectivity index (χ1v) is 7.68. The van der Waals surface area contributed by atoms with Gasteiger partial charge in [0.15, 0.2) is 6.61 Å². The highest BCUT2D eigenvalue weighted by Gasteiger charge is 2.19. The molecule has 0 amide bonds. The van der Waals surface area contributed by atoms with Crippen LogP contribution in [0.3, 0.4) is 0 Å². The summed E-state index contributed by atoms with van der Waals surface area (Å²) >= 11 is 2.21. The molecular weight excluding hydrogens is 405 g/mol. The summed E-state index contributed by atoms with van der Waals surface area (Å²) in [6.45, 7) is 8.86. The van der Waals surface area contributed by atoms with Gasteiger partial charge in [-0.15, -0.1) is 12.4 Å². The fraction of sp³-hybridized carbons (Fsp3) is 0.533. The average molecular weight is 428 g/mol. The lowest BCUT2D eigenvalue weighted by Gasteiger charge is -2.22. The van der Waals surface area contributed by atoms with E-state index in [2.05, 4.69) is 49.4 Å². The van der Waals surface area contributed by atoms with E-state index in [0.29, 0.717) is 18.9 Å². The van der Waals surface area contributed by atoms with Crippen LogP contribution < -0.4 is 10.5 Å². The van der Waals surface area contributed by atoms with Gasteiger partial charge in [-0.25, -0.2) is 4.79 Å². The molecule has 0 spiro atoms. The van der Waals surface area contributed by atoms with Crippen LogP contribution in [-0.2, 0) is 21.5 Å². The first-order chi connectivity index (χ1) is 9.29. The zero-order chi connectivity index (χ0) is 15.3. The highest BCUT2D eigenvalue weighted by Crippen LogP contribution is 2.32. The summed E-state index contributed by atoms with van der Waals surface area (Å²) in [5.41, 5.74) is 7.95. The molecule has 0 fully saturated rings. The van der Waals surface area contributed by atoms with Gasteiger partial charge in [-0.05, 0) is 46.6 Å². The number of rotatable bonds is 5. The molecule has 0 aliphatic heterocycles. The molecule has 4 nitrogen and oxygen atoms in total. The van der Waals surface area contributed by atoms with Gasteiger partial charge in [0.05, 0.1) is 10.2 Å². The van der Waals surface area contributed by atoms with Crippen molar-refractivity contribution in [3.63, 3.8) is 0 Å². The number of esters is 1. The molecule has 6 heteroatoms. The maximum absolute atomic E-state index is 11.4. The van der Waals surface area contributed by atoms with Crippen LogP contribution >= 0.6 is 35.0 Å².